The van der Waals surface area contributed by atoms with Crippen LogP contribution in [-0.2, 0) is 12.8 Å². The standard InChI is InChI=1S/C15H14N4O/c16-12-5-3-4-11(10-12)7-8-14-18-15(19-20-14)13-6-1-2-9-17-13/h1-6,9-10H,7-8,16H2. The Morgan fingerprint density at radius 3 is 2.80 bits per heavy atom. The normalized spacial score (nSPS) is 10.6. The summed E-state index contributed by atoms with van der Waals surface area (Å²) in [6.45, 7) is 0. The lowest BCUT2D eigenvalue weighted by Crippen LogP contribution is -1.93. The van der Waals surface area contributed by atoms with E-state index in [2.05, 4.69) is 15.1 Å². The molecule has 0 aliphatic carbocycles. The van der Waals surface area contributed by atoms with Crippen LogP contribution >= 0.6 is 0 Å². The van der Waals surface area contributed by atoms with Crippen molar-refractivity contribution in [1.82, 2.24) is 15.1 Å². The molecule has 0 saturated heterocycles. The Labute approximate surface area is 116 Å². The molecule has 2 heterocycles. The molecule has 0 fully saturated rings. The fraction of sp³-hybridized carbons (Fsp3) is 0.133. The van der Waals surface area contributed by atoms with E-state index in [1.54, 1.807) is 6.20 Å². The van der Waals surface area contributed by atoms with Gasteiger partial charge in [-0.25, -0.2) is 0 Å². The van der Waals surface area contributed by atoms with Crippen molar-refractivity contribution in [2.75, 3.05) is 5.73 Å². The summed E-state index contributed by atoms with van der Waals surface area (Å²) < 4.78 is 5.24. The largest absolute Gasteiger partial charge is 0.399 e. The first-order valence-electron chi connectivity index (χ1n) is 6.40. The van der Waals surface area contributed by atoms with Crippen LogP contribution < -0.4 is 5.73 Å². The zero-order valence-electron chi connectivity index (χ0n) is 10.9. The summed E-state index contributed by atoms with van der Waals surface area (Å²) in [6.07, 6.45) is 3.20. The van der Waals surface area contributed by atoms with Gasteiger partial charge in [0, 0.05) is 18.3 Å². The van der Waals surface area contributed by atoms with Crippen molar-refractivity contribution < 1.29 is 4.52 Å². The van der Waals surface area contributed by atoms with Gasteiger partial charge in [0.15, 0.2) is 0 Å². The monoisotopic (exact) mass is 266 g/mol. The van der Waals surface area contributed by atoms with E-state index in [0.717, 1.165) is 17.7 Å². The molecule has 5 nitrogen and oxygen atoms in total. The first kappa shape index (κ1) is 12.3. The van der Waals surface area contributed by atoms with E-state index in [-0.39, 0.29) is 0 Å². The lowest BCUT2D eigenvalue weighted by molar-refractivity contribution is 0.379. The maximum absolute atomic E-state index is 5.75. The molecule has 5 heteroatoms. The van der Waals surface area contributed by atoms with Gasteiger partial charge in [0.05, 0.1) is 0 Å². The predicted octanol–water partition coefficient (Wildman–Crippen LogP) is 2.50. The zero-order chi connectivity index (χ0) is 13.8. The van der Waals surface area contributed by atoms with Crippen molar-refractivity contribution in [3.63, 3.8) is 0 Å². The highest BCUT2D eigenvalue weighted by molar-refractivity contribution is 5.47. The third kappa shape index (κ3) is 2.83. The van der Waals surface area contributed by atoms with Crippen molar-refractivity contribution in [1.29, 1.82) is 0 Å². The fourth-order valence-corrected chi connectivity index (χ4v) is 1.96. The summed E-state index contributed by atoms with van der Waals surface area (Å²) >= 11 is 0. The molecule has 0 amide bonds. The molecule has 3 rings (SSSR count). The average Bonchev–Trinajstić information content (AvgIpc) is 2.95. The Kier molecular flexibility index (Phi) is 3.41. The van der Waals surface area contributed by atoms with E-state index in [4.69, 9.17) is 10.3 Å². The number of hydrogen-bond donors (Lipinski definition) is 1. The van der Waals surface area contributed by atoms with Gasteiger partial charge in [-0.15, -0.1) is 0 Å². The predicted molar refractivity (Wildman–Crippen MR) is 75.8 cm³/mol. The van der Waals surface area contributed by atoms with Gasteiger partial charge >= 0.3 is 0 Å². The highest BCUT2D eigenvalue weighted by atomic mass is 16.5. The highest BCUT2D eigenvalue weighted by Crippen LogP contribution is 2.14. The Morgan fingerprint density at radius 2 is 2.00 bits per heavy atom. The Morgan fingerprint density at radius 1 is 1.05 bits per heavy atom. The number of aromatic nitrogens is 3. The van der Waals surface area contributed by atoms with Crippen LogP contribution in [0.15, 0.2) is 53.2 Å². The number of nitrogens with two attached hydrogens (primary N) is 1. The van der Waals surface area contributed by atoms with Crippen molar-refractivity contribution in [2.24, 2.45) is 0 Å². The average molecular weight is 266 g/mol. The van der Waals surface area contributed by atoms with Gasteiger partial charge in [-0.3, -0.25) is 4.98 Å². The molecule has 0 aliphatic rings. The maximum Gasteiger partial charge on any atom is 0.227 e. The third-order valence-electron chi connectivity index (χ3n) is 2.94. The molecule has 0 aliphatic heterocycles. The molecule has 2 aromatic heterocycles. The zero-order valence-corrected chi connectivity index (χ0v) is 10.9. The van der Waals surface area contributed by atoms with Crippen molar-refractivity contribution >= 4 is 5.69 Å². The summed E-state index contributed by atoms with van der Waals surface area (Å²) in [5.74, 6) is 1.13. The van der Waals surface area contributed by atoms with Crippen LogP contribution in [0.1, 0.15) is 11.5 Å². The Bertz CT molecular complexity index is 694. The molecule has 0 bridgehead atoms. The Balaban J connectivity index is 1.69. The topological polar surface area (TPSA) is 77.8 Å². The summed E-state index contributed by atoms with van der Waals surface area (Å²) in [4.78, 5) is 8.54. The fourth-order valence-electron chi connectivity index (χ4n) is 1.96. The first-order valence-corrected chi connectivity index (χ1v) is 6.40. The van der Waals surface area contributed by atoms with E-state index in [9.17, 15) is 0 Å². The molecular weight excluding hydrogens is 252 g/mol. The van der Waals surface area contributed by atoms with Crippen LogP contribution in [0.25, 0.3) is 11.5 Å². The second-order valence-electron chi connectivity index (χ2n) is 4.47. The minimum Gasteiger partial charge on any atom is -0.399 e. The van der Waals surface area contributed by atoms with Gasteiger partial charge in [-0.1, -0.05) is 23.4 Å². The van der Waals surface area contributed by atoms with E-state index >= 15 is 0 Å². The van der Waals surface area contributed by atoms with Crippen molar-refractivity contribution in [2.45, 2.75) is 12.8 Å². The Hall–Kier alpha value is -2.69. The van der Waals surface area contributed by atoms with Crippen LogP contribution in [0.3, 0.4) is 0 Å². The second-order valence-corrected chi connectivity index (χ2v) is 4.47. The number of aryl methyl sites for hydroxylation is 2. The lowest BCUT2D eigenvalue weighted by atomic mass is 10.1. The number of rotatable bonds is 4. The molecule has 0 unspecified atom stereocenters. The summed E-state index contributed by atoms with van der Waals surface area (Å²) in [5.41, 5.74) is 8.38. The van der Waals surface area contributed by atoms with Crippen LogP contribution in [0.2, 0.25) is 0 Å². The molecular formula is C15H14N4O. The second kappa shape index (κ2) is 5.52. The van der Waals surface area contributed by atoms with Gasteiger partial charge in [0.1, 0.15) is 5.69 Å². The molecule has 3 aromatic rings. The van der Waals surface area contributed by atoms with E-state index < -0.39 is 0 Å². The molecule has 20 heavy (non-hydrogen) atoms. The van der Waals surface area contributed by atoms with Gasteiger partial charge in [-0.2, -0.15) is 4.98 Å². The molecule has 100 valence electrons. The number of hydrogen-bond acceptors (Lipinski definition) is 5. The van der Waals surface area contributed by atoms with Crippen molar-refractivity contribution in [3.05, 3.63) is 60.1 Å². The van der Waals surface area contributed by atoms with Gasteiger partial charge in [-0.05, 0) is 36.2 Å². The van der Waals surface area contributed by atoms with Crippen LogP contribution in [0.4, 0.5) is 5.69 Å². The van der Waals surface area contributed by atoms with E-state index in [0.29, 0.717) is 23.8 Å². The summed E-state index contributed by atoms with van der Waals surface area (Å²) in [6, 6.07) is 13.4. The first-order chi connectivity index (χ1) is 9.81. The molecule has 1 aromatic carbocycles. The molecule has 0 spiro atoms. The number of benzene rings is 1. The molecule has 0 atom stereocenters. The number of nitrogen functional groups attached to an aromatic ring is 1. The number of anilines is 1. The molecule has 2 N–H and O–H groups in total. The lowest BCUT2D eigenvalue weighted by Gasteiger charge is -1.99. The molecule has 0 radical (unpaired) electrons. The third-order valence-corrected chi connectivity index (χ3v) is 2.94. The quantitative estimate of drug-likeness (QED) is 0.734. The minimum atomic E-state index is 0.521. The van der Waals surface area contributed by atoms with Crippen LogP contribution in [-0.4, -0.2) is 15.1 Å². The minimum absolute atomic E-state index is 0.521. The van der Waals surface area contributed by atoms with Crippen LogP contribution in [0.5, 0.6) is 0 Å². The number of pyridine rings is 1. The molecule has 0 saturated carbocycles. The SMILES string of the molecule is Nc1cccc(CCc2nc(-c3ccccn3)no2)c1. The van der Waals surface area contributed by atoms with Crippen molar-refractivity contribution in [3.8, 4) is 11.5 Å². The highest BCUT2D eigenvalue weighted by Gasteiger charge is 2.09. The van der Waals surface area contributed by atoms with Crippen LogP contribution in [0, 0.1) is 0 Å². The summed E-state index contributed by atoms with van der Waals surface area (Å²) in [5, 5.41) is 3.94. The summed E-state index contributed by atoms with van der Waals surface area (Å²) in [7, 11) is 0. The smallest absolute Gasteiger partial charge is 0.227 e. The van der Waals surface area contributed by atoms with Gasteiger partial charge in [0.2, 0.25) is 11.7 Å². The van der Waals surface area contributed by atoms with E-state index in [1.165, 1.54) is 0 Å². The van der Waals surface area contributed by atoms with Gasteiger partial charge < -0.3 is 10.3 Å². The maximum atomic E-state index is 5.75. The number of nitrogens with zero attached hydrogens (tertiary/aromatic N) is 3. The van der Waals surface area contributed by atoms with E-state index in [1.807, 2.05) is 42.5 Å². The van der Waals surface area contributed by atoms with Gasteiger partial charge in [0.25, 0.3) is 0 Å².